The summed E-state index contributed by atoms with van der Waals surface area (Å²) in [6.07, 6.45) is 0. The number of nitriles is 2. The second-order valence-electron chi connectivity index (χ2n) is 4.68. The minimum Gasteiger partial charge on any atom is -0.484 e. The van der Waals surface area contributed by atoms with E-state index in [4.69, 9.17) is 19.7 Å². The monoisotopic (exact) mass is 317 g/mol. The van der Waals surface area contributed by atoms with Crippen molar-refractivity contribution in [2.24, 2.45) is 5.10 Å². The van der Waals surface area contributed by atoms with Crippen molar-refractivity contribution in [2.75, 3.05) is 5.43 Å². The average molecular weight is 317 g/mol. The molecule has 0 radical (unpaired) electrons. The van der Waals surface area contributed by atoms with Crippen LogP contribution in [-0.4, -0.2) is 10.7 Å². The Morgan fingerprint density at radius 1 is 1.12 bits per heavy atom. The van der Waals surface area contributed by atoms with Gasteiger partial charge in [-0.3, -0.25) is 5.43 Å². The van der Waals surface area contributed by atoms with Crippen LogP contribution in [0.2, 0.25) is 0 Å². The molecule has 3 aromatic rings. The van der Waals surface area contributed by atoms with E-state index in [9.17, 15) is 0 Å². The SMILES string of the molecule is N#CC(C#N)=NNc1ccc(OCc2nc3ccccc3o2)cc1. The molecule has 0 amide bonds. The molecule has 1 aromatic heterocycles. The van der Waals surface area contributed by atoms with Crippen LogP contribution >= 0.6 is 0 Å². The fourth-order valence-electron chi connectivity index (χ4n) is 1.95. The van der Waals surface area contributed by atoms with Crippen molar-refractivity contribution in [1.82, 2.24) is 4.98 Å². The molecule has 0 aliphatic rings. The van der Waals surface area contributed by atoms with Crippen LogP contribution in [0.5, 0.6) is 5.75 Å². The summed E-state index contributed by atoms with van der Waals surface area (Å²) >= 11 is 0. The summed E-state index contributed by atoms with van der Waals surface area (Å²) in [6.45, 7) is 0.215. The van der Waals surface area contributed by atoms with Gasteiger partial charge in [-0.25, -0.2) is 4.98 Å². The van der Waals surface area contributed by atoms with Crippen molar-refractivity contribution in [2.45, 2.75) is 6.61 Å². The first-order chi connectivity index (χ1) is 11.8. The number of benzene rings is 2. The lowest BCUT2D eigenvalue weighted by molar-refractivity contribution is 0.267. The normalized spacial score (nSPS) is 9.75. The topological polar surface area (TPSA) is 107 Å². The maximum atomic E-state index is 8.60. The third kappa shape index (κ3) is 3.49. The van der Waals surface area contributed by atoms with Gasteiger partial charge in [0.1, 0.15) is 23.4 Å². The highest BCUT2D eigenvalue weighted by atomic mass is 16.5. The number of ether oxygens (including phenoxy) is 1. The molecule has 0 saturated heterocycles. The molecule has 0 saturated carbocycles. The van der Waals surface area contributed by atoms with E-state index in [2.05, 4.69) is 15.5 Å². The molecular weight excluding hydrogens is 306 g/mol. The van der Waals surface area contributed by atoms with Gasteiger partial charge in [0.15, 0.2) is 12.2 Å². The Balaban J connectivity index is 1.61. The minimum atomic E-state index is -0.244. The zero-order chi connectivity index (χ0) is 16.8. The fourth-order valence-corrected chi connectivity index (χ4v) is 1.95. The molecule has 0 unspecified atom stereocenters. The Labute approximate surface area is 137 Å². The van der Waals surface area contributed by atoms with E-state index in [0.717, 1.165) is 11.1 Å². The number of hydrogen-bond acceptors (Lipinski definition) is 7. The van der Waals surface area contributed by atoms with E-state index < -0.39 is 0 Å². The molecule has 3 rings (SSSR count). The molecule has 1 heterocycles. The summed E-state index contributed by atoms with van der Waals surface area (Å²) in [7, 11) is 0. The molecule has 0 spiro atoms. The second-order valence-corrected chi connectivity index (χ2v) is 4.68. The highest BCUT2D eigenvalue weighted by molar-refractivity contribution is 6.10. The van der Waals surface area contributed by atoms with Gasteiger partial charge in [-0.05, 0) is 36.4 Å². The highest BCUT2D eigenvalue weighted by Crippen LogP contribution is 2.19. The molecule has 7 nitrogen and oxygen atoms in total. The molecule has 24 heavy (non-hydrogen) atoms. The standard InChI is InChI=1S/C17H11N5O2/c18-9-13(10-19)22-21-12-5-7-14(8-6-12)23-11-17-20-15-3-1-2-4-16(15)24-17/h1-8,21H,11H2. The predicted octanol–water partition coefficient (Wildman–Crippen LogP) is 3.22. The quantitative estimate of drug-likeness (QED) is 0.572. The third-order valence-corrected chi connectivity index (χ3v) is 3.06. The van der Waals surface area contributed by atoms with E-state index in [0.29, 0.717) is 17.3 Å². The molecule has 0 aliphatic carbocycles. The molecule has 0 atom stereocenters. The number of aromatic nitrogens is 1. The molecular formula is C17H11N5O2. The molecule has 0 fully saturated rings. The number of hydrogen-bond donors (Lipinski definition) is 1. The van der Waals surface area contributed by atoms with Crippen LogP contribution in [0, 0.1) is 22.7 Å². The highest BCUT2D eigenvalue weighted by Gasteiger charge is 2.05. The van der Waals surface area contributed by atoms with Crippen LogP contribution in [-0.2, 0) is 6.61 Å². The number of para-hydroxylation sites is 2. The first-order valence-electron chi connectivity index (χ1n) is 6.99. The van der Waals surface area contributed by atoms with Crippen LogP contribution in [0.15, 0.2) is 58.0 Å². The summed E-state index contributed by atoms with van der Waals surface area (Å²) in [5.74, 6) is 1.13. The Bertz CT molecular complexity index is 912. The van der Waals surface area contributed by atoms with Gasteiger partial charge in [-0.15, -0.1) is 0 Å². The Kier molecular flexibility index (Phi) is 4.36. The number of rotatable bonds is 5. The first-order valence-corrected chi connectivity index (χ1v) is 6.99. The average Bonchev–Trinajstić information content (AvgIpc) is 3.05. The Morgan fingerprint density at radius 2 is 1.88 bits per heavy atom. The lowest BCUT2D eigenvalue weighted by atomic mass is 10.3. The van der Waals surface area contributed by atoms with Crippen molar-refractivity contribution in [3.63, 3.8) is 0 Å². The fraction of sp³-hybridized carbons (Fsp3) is 0.0588. The van der Waals surface area contributed by atoms with E-state index >= 15 is 0 Å². The number of hydrazone groups is 1. The van der Waals surface area contributed by atoms with Gasteiger partial charge in [0.05, 0.1) is 5.69 Å². The van der Waals surface area contributed by atoms with Crippen molar-refractivity contribution >= 4 is 22.5 Å². The van der Waals surface area contributed by atoms with Crippen LogP contribution in [0.25, 0.3) is 11.1 Å². The smallest absolute Gasteiger partial charge is 0.237 e. The van der Waals surface area contributed by atoms with Crippen LogP contribution in [0.1, 0.15) is 5.89 Å². The summed E-state index contributed by atoms with van der Waals surface area (Å²) in [4.78, 5) is 4.33. The molecule has 7 heteroatoms. The van der Waals surface area contributed by atoms with E-state index in [1.807, 2.05) is 24.3 Å². The summed E-state index contributed by atoms with van der Waals surface area (Å²) in [5.41, 5.74) is 4.52. The number of fused-ring (bicyclic) bond motifs is 1. The molecule has 0 bridgehead atoms. The number of nitrogens with one attached hydrogen (secondary N) is 1. The predicted molar refractivity (Wildman–Crippen MR) is 87.1 cm³/mol. The summed E-state index contributed by atoms with van der Waals surface area (Å²) in [6, 6.07) is 17.8. The molecule has 1 N–H and O–H groups in total. The van der Waals surface area contributed by atoms with E-state index in [-0.39, 0.29) is 12.3 Å². The van der Waals surface area contributed by atoms with Crippen molar-refractivity contribution in [3.05, 3.63) is 54.4 Å². The lowest BCUT2D eigenvalue weighted by Gasteiger charge is -2.04. The number of nitrogens with zero attached hydrogens (tertiary/aromatic N) is 4. The summed E-state index contributed by atoms with van der Waals surface area (Å²) < 4.78 is 11.2. The van der Waals surface area contributed by atoms with E-state index in [1.54, 1.807) is 36.4 Å². The van der Waals surface area contributed by atoms with Gasteiger partial charge in [0.25, 0.3) is 0 Å². The van der Waals surface area contributed by atoms with Crippen LogP contribution in [0.3, 0.4) is 0 Å². The van der Waals surface area contributed by atoms with Gasteiger partial charge in [-0.2, -0.15) is 15.6 Å². The molecule has 2 aromatic carbocycles. The zero-order valence-corrected chi connectivity index (χ0v) is 12.4. The van der Waals surface area contributed by atoms with Crippen molar-refractivity contribution in [3.8, 4) is 17.9 Å². The lowest BCUT2D eigenvalue weighted by Crippen LogP contribution is -1.97. The molecule has 116 valence electrons. The van der Waals surface area contributed by atoms with Gasteiger partial charge in [-0.1, -0.05) is 12.1 Å². The van der Waals surface area contributed by atoms with Gasteiger partial charge >= 0.3 is 0 Å². The number of anilines is 1. The molecule has 0 aliphatic heterocycles. The maximum Gasteiger partial charge on any atom is 0.237 e. The minimum absolute atomic E-state index is 0.215. The largest absolute Gasteiger partial charge is 0.484 e. The van der Waals surface area contributed by atoms with Crippen LogP contribution in [0.4, 0.5) is 5.69 Å². The van der Waals surface area contributed by atoms with Gasteiger partial charge in [0, 0.05) is 0 Å². The first kappa shape index (κ1) is 15.1. The maximum absolute atomic E-state index is 8.60. The van der Waals surface area contributed by atoms with E-state index in [1.165, 1.54) is 0 Å². The third-order valence-electron chi connectivity index (χ3n) is 3.06. The van der Waals surface area contributed by atoms with Gasteiger partial charge < -0.3 is 9.15 Å². The van der Waals surface area contributed by atoms with Crippen LogP contribution < -0.4 is 10.2 Å². The van der Waals surface area contributed by atoms with Crippen molar-refractivity contribution < 1.29 is 9.15 Å². The Morgan fingerprint density at radius 3 is 2.58 bits per heavy atom. The Hall–Kier alpha value is -3.84. The zero-order valence-electron chi connectivity index (χ0n) is 12.4. The summed E-state index contributed by atoms with van der Waals surface area (Å²) in [5, 5.41) is 20.9. The van der Waals surface area contributed by atoms with Crippen molar-refractivity contribution in [1.29, 1.82) is 10.5 Å². The van der Waals surface area contributed by atoms with Gasteiger partial charge in [0.2, 0.25) is 11.6 Å². The number of oxazole rings is 1. The second kappa shape index (κ2) is 6.95.